The lowest BCUT2D eigenvalue weighted by atomic mass is 10.0. The van der Waals surface area contributed by atoms with E-state index in [9.17, 15) is 18.0 Å². The Morgan fingerprint density at radius 1 is 0.941 bits per heavy atom. The van der Waals surface area contributed by atoms with Crippen molar-refractivity contribution in [1.29, 1.82) is 0 Å². The minimum Gasteiger partial charge on any atom is -0.447 e. The maximum atomic E-state index is 13.2. The van der Waals surface area contributed by atoms with Crippen molar-refractivity contribution >= 4 is 31.5 Å². The maximum absolute atomic E-state index is 13.2. The number of rotatable bonds is 8. The highest BCUT2D eigenvalue weighted by Crippen LogP contribution is 2.39. The molecule has 1 aliphatic heterocycles. The van der Waals surface area contributed by atoms with E-state index in [0.29, 0.717) is 10.8 Å². The van der Waals surface area contributed by atoms with Crippen LogP contribution in [0.25, 0.3) is 0 Å². The minimum absolute atomic E-state index is 0.0318. The predicted octanol–water partition coefficient (Wildman–Crippen LogP) is 4.67. The molecule has 3 aromatic carbocycles. The summed E-state index contributed by atoms with van der Waals surface area (Å²) in [5.41, 5.74) is 3.77. The van der Waals surface area contributed by atoms with Crippen LogP contribution in [0.4, 0.5) is 0 Å². The summed E-state index contributed by atoms with van der Waals surface area (Å²) in [6, 6.07) is 26.3. The Kier molecular flexibility index (Phi) is 7.03. The average Bonchev–Trinajstić information content (AvgIpc) is 2.86. The number of benzene rings is 3. The van der Waals surface area contributed by atoms with Gasteiger partial charge in [-0.05, 0) is 34.1 Å². The lowest BCUT2D eigenvalue weighted by Crippen LogP contribution is -2.51. The Balaban J connectivity index is 1.56. The van der Waals surface area contributed by atoms with Crippen molar-refractivity contribution in [2.24, 2.45) is 0 Å². The van der Waals surface area contributed by atoms with Crippen LogP contribution in [0, 0.1) is 0 Å². The second-order valence-electron chi connectivity index (χ2n) is 7.42. The number of amides is 1. The van der Waals surface area contributed by atoms with E-state index in [0.717, 1.165) is 16.0 Å². The van der Waals surface area contributed by atoms with Gasteiger partial charge >= 0.3 is 5.97 Å². The van der Waals surface area contributed by atoms with Crippen LogP contribution in [0.15, 0.2) is 114 Å². The number of carbonyl (C=O) groups excluding carboxylic acids is 2. The highest BCUT2D eigenvalue weighted by atomic mass is 33.1. The number of likely N-dealkylation sites (tertiary alicyclic amines) is 1. The summed E-state index contributed by atoms with van der Waals surface area (Å²) in [5, 5.41) is -0.790. The van der Waals surface area contributed by atoms with Crippen molar-refractivity contribution in [1.82, 2.24) is 4.90 Å². The summed E-state index contributed by atoms with van der Waals surface area (Å²) >= 11 is 0. The lowest BCUT2D eigenvalue weighted by molar-refractivity contribution is -0.151. The number of nitrogens with zero attached hydrogens (tertiary/aromatic N) is 1. The van der Waals surface area contributed by atoms with E-state index in [2.05, 4.69) is 12.3 Å². The monoisotopic (exact) mass is 491 g/mol. The molecule has 34 heavy (non-hydrogen) atoms. The van der Waals surface area contributed by atoms with Gasteiger partial charge in [0.1, 0.15) is 5.37 Å². The molecule has 6 nitrogen and oxygen atoms in total. The Morgan fingerprint density at radius 3 is 1.91 bits per heavy atom. The van der Waals surface area contributed by atoms with Gasteiger partial charge in [0.15, 0.2) is 11.8 Å². The third-order valence-corrected chi connectivity index (χ3v) is 8.91. The number of ether oxygens (including phenoxy) is 1. The van der Waals surface area contributed by atoms with Crippen LogP contribution >= 0.6 is 10.8 Å². The quantitative estimate of drug-likeness (QED) is 0.150. The molecule has 4 rings (SSSR count). The van der Waals surface area contributed by atoms with Gasteiger partial charge in [-0.2, -0.15) is 0 Å². The average molecular weight is 492 g/mol. The molecule has 1 saturated heterocycles. The molecule has 0 radical (unpaired) electrons. The van der Waals surface area contributed by atoms with Crippen molar-refractivity contribution in [2.75, 3.05) is 0 Å². The highest BCUT2D eigenvalue weighted by Gasteiger charge is 2.45. The van der Waals surface area contributed by atoms with E-state index in [1.165, 1.54) is 12.1 Å². The molecule has 0 spiro atoms. The van der Waals surface area contributed by atoms with E-state index in [1.807, 2.05) is 60.7 Å². The molecule has 1 atom stereocenters. The molecule has 0 aromatic heterocycles. The standard InChI is InChI=1S/C26H21NO5S2/c1-2-22(27-23(28)18-24(27)33-34(30,31)21-16-10-5-11-17-21)26(29)32-25(19-12-6-3-7-13-19)20-14-8-4-9-15-20/h3-17,24-25H,1,18H2/t24-/m1/s1. The lowest BCUT2D eigenvalue weighted by Gasteiger charge is -2.39. The molecule has 1 amide bonds. The molecule has 0 unspecified atom stereocenters. The second-order valence-corrected chi connectivity index (χ2v) is 11.4. The number of β-lactam (4-membered cyclic amide) rings is 1. The number of hydrogen-bond acceptors (Lipinski definition) is 6. The maximum Gasteiger partial charge on any atom is 0.364 e. The van der Waals surface area contributed by atoms with Gasteiger partial charge in [-0.15, -0.1) is 0 Å². The third-order valence-electron chi connectivity index (χ3n) is 5.21. The van der Waals surface area contributed by atoms with Gasteiger partial charge in [-0.25, -0.2) is 13.2 Å². The second kappa shape index (κ2) is 10.1. The van der Waals surface area contributed by atoms with E-state index >= 15 is 0 Å². The molecule has 1 heterocycles. The van der Waals surface area contributed by atoms with Crippen molar-refractivity contribution in [3.05, 3.63) is 120 Å². The molecule has 1 aliphatic rings. The summed E-state index contributed by atoms with van der Waals surface area (Å²) in [6.07, 6.45) is -0.760. The van der Waals surface area contributed by atoms with E-state index < -0.39 is 32.2 Å². The molecule has 0 bridgehead atoms. The molecule has 172 valence electrons. The number of esters is 1. The summed E-state index contributed by atoms with van der Waals surface area (Å²) in [6.45, 7) is 3.55. The molecule has 0 N–H and O–H groups in total. The number of hydrogen-bond donors (Lipinski definition) is 0. The van der Waals surface area contributed by atoms with Gasteiger partial charge in [0.25, 0.3) is 0 Å². The van der Waals surface area contributed by atoms with Crippen molar-refractivity contribution in [3.63, 3.8) is 0 Å². The first-order chi connectivity index (χ1) is 16.4. The zero-order valence-corrected chi connectivity index (χ0v) is 19.7. The van der Waals surface area contributed by atoms with Crippen molar-refractivity contribution < 1.29 is 22.7 Å². The topological polar surface area (TPSA) is 80.8 Å². The first kappa shape index (κ1) is 23.6. The van der Waals surface area contributed by atoms with E-state index in [4.69, 9.17) is 4.74 Å². The predicted molar refractivity (Wildman–Crippen MR) is 130 cm³/mol. The smallest absolute Gasteiger partial charge is 0.364 e. The van der Waals surface area contributed by atoms with Gasteiger partial charge in [0.2, 0.25) is 14.8 Å². The molecule has 3 aromatic rings. The Hall–Kier alpha value is -3.58. The van der Waals surface area contributed by atoms with Crippen molar-refractivity contribution in [2.45, 2.75) is 22.8 Å². The van der Waals surface area contributed by atoms with Crippen molar-refractivity contribution in [3.8, 4) is 0 Å². The van der Waals surface area contributed by atoms with Crippen LogP contribution in [0.1, 0.15) is 23.7 Å². The molecule has 0 saturated carbocycles. The zero-order valence-electron chi connectivity index (χ0n) is 18.0. The fourth-order valence-corrected chi connectivity index (χ4v) is 6.94. The summed E-state index contributed by atoms with van der Waals surface area (Å²) in [5.74, 6) is -1.22. The third kappa shape index (κ3) is 4.99. The molecule has 0 aliphatic carbocycles. The molecule has 1 fully saturated rings. The van der Waals surface area contributed by atoms with E-state index in [1.54, 1.807) is 18.2 Å². The van der Waals surface area contributed by atoms with Crippen LogP contribution < -0.4 is 0 Å². The molecule has 8 heteroatoms. The zero-order chi connectivity index (χ0) is 24.1. The van der Waals surface area contributed by atoms with Crippen LogP contribution in [-0.4, -0.2) is 30.6 Å². The van der Waals surface area contributed by atoms with E-state index in [-0.39, 0.29) is 17.0 Å². The number of carbonyl (C=O) groups is 2. The van der Waals surface area contributed by atoms with Gasteiger partial charge < -0.3 is 4.74 Å². The van der Waals surface area contributed by atoms with Gasteiger partial charge in [-0.1, -0.05) is 91.2 Å². The largest absolute Gasteiger partial charge is 0.447 e. The van der Waals surface area contributed by atoms with Crippen LogP contribution in [0.2, 0.25) is 0 Å². The van der Waals surface area contributed by atoms with Gasteiger partial charge in [0, 0.05) is 0 Å². The summed E-state index contributed by atoms with van der Waals surface area (Å²) < 4.78 is 31.4. The summed E-state index contributed by atoms with van der Waals surface area (Å²) in [7, 11) is -3.14. The normalized spacial score (nSPS) is 15.4. The Bertz CT molecular complexity index is 1300. The van der Waals surface area contributed by atoms with Crippen LogP contribution in [-0.2, 0) is 23.2 Å². The SMILES string of the molecule is C=C=C(C(=O)OC(c1ccccc1)c1ccccc1)N1C(=O)C[C@H]1SS(=O)(=O)c1ccccc1. The van der Waals surface area contributed by atoms with Crippen LogP contribution in [0.5, 0.6) is 0 Å². The van der Waals surface area contributed by atoms with Crippen LogP contribution in [0.3, 0.4) is 0 Å². The van der Waals surface area contributed by atoms with Gasteiger partial charge in [0.05, 0.1) is 11.3 Å². The minimum atomic E-state index is -3.74. The fraction of sp³-hybridized carbons (Fsp3) is 0.115. The fourth-order valence-electron chi connectivity index (χ4n) is 3.52. The first-order valence-corrected chi connectivity index (χ1v) is 13.3. The van der Waals surface area contributed by atoms with Gasteiger partial charge in [-0.3, -0.25) is 9.69 Å². The Labute approximate surface area is 201 Å². The first-order valence-electron chi connectivity index (χ1n) is 10.4. The molecular formula is C26H21NO5S2. The highest BCUT2D eigenvalue weighted by molar-refractivity contribution is 8.72. The summed E-state index contributed by atoms with van der Waals surface area (Å²) in [4.78, 5) is 26.8. The molecular weight excluding hydrogens is 470 g/mol. The Morgan fingerprint density at radius 2 is 1.44 bits per heavy atom.